The average Bonchev–Trinajstić information content (AvgIpc) is 3.25. The Morgan fingerprint density at radius 1 is 1.27 bits per heavy atom. The van der Waals surface area contributed by atoms with E-state index >= 15 is 0 Å². The lowest BCUT2D eigenvalue weighted by Crippen LogP contribution is -2.25. The van der Waals surface area contributed by atoms with E-state index in [1.165, 1.54) is 15.4 Å². The number of carbonyl (C=O) groups is 1. The molecule has 3 heteroatoms. The second-order valence-corrected chi connectivity index (χ2v) is 8.08. The highest BCUT2D eigenvalue weighted by Crippen LogP contribution is 2.60. The Kier molecular flexibility index (Phi) is 4.56. The maximum Gasteiger partial charge on any atom is 0.169 e. The number of hydrogen-bond acceptors (Lipinski definition) is 3. The van der Waals surface area contributed by atoms with E-state index in [1.54, 1.807) is 23.5 Å². The number of Topliss-reactive ketones (excluding diaryl/α,β-unsaturated/α-hetero) is 1. The Bertz CT molecular complexity index is 653. The van der Waals surface area contributed by atoms with Gasteiger partial charge in [0.2, 0.25) is 0 Å². The van der Waals surface area contributed by atoms with Crippen molar-refractivity contribution in [2.75, 3.05) is 12.5 Å². The van der Waals surface area contributed by atoms with Gasteiger partial charge in [-0.15, -0.1) is 23.5 Å². The van der Waals surface area contributed by atoms with Gasteiger partial charge in [0, 0.05) is 15.2 Å². The van der Waals surface area contributed by atoms with E-state index in [0.29, 0.717) is 11.7 Å². The van der Waals surface area contributed by atoms with E-state index in [2.05, 4.69) is 37.7 Å². The van der Waals surface area contributed by atoms with Gasteiger partial charge in [-0.05, 0) is 55.8 Å². The predicted molar refractivity (Wildman–Crippen MR) is 98.5 cm³/mol. The van der Waals surface area contributed by atoms with Gasteiger partial charge >= 0.3 is 0 Å². The maximum atomic E-state index is 12.8. The quantitative estimate of drug-likeness (QED) is 0.694. The van der Waals surface area contributed by atoms with Crippen LogP contribution < -0.4 is 0 Å². The first-order valence-electron chi connectivity index (χ1n) is 7.72. The van der Waals surface area contributed by atoms with Gasteiger partial charge in [0.1, 0.15) is 0 Å². The molecule has 1 spiro atoms. The third kappa shape index (κ3) is 2.69. The summed E-state index contributed by atoms with van der Waals surface area (Å²) in [5, 5.41) is 0. The fourth-order valence-electron chi connectivity index (χ4n) is 3.57. The van der Waals surface area contributed by atoms with Crippen LogP contribution in [-0.4, -0.2) is 18.3 Å². The van der Waals surface area contributed by atoms with Crippen molar-refractivity contribution in [3.05, 3.63) is 57.4 Å². The van der Waals surface area contributed by atoms with Gasteiger partial charge < -0.3 is 0 Å². The maximum absolute atomic E-state index is 12.8. The summed E-state index contributed by atoms with van der Waals surface area (Å²) in [6.07, 6.45) is 11.8. The lowest BCUT2D eigenvalue weighted by Gasteiger charge is -2.23. The molecule has 0 amide bonds. The Balaban J connectivity index is 1.77. The van der Waals surface area contributed by atoms with E-state index < -0.39 is 0 Å². The molecule has 116 valence electrons. The normalized spacial score (nSPS) is 26.3. The highest BCUT2D eigenvalue weighted by atomic mass is 32.2. The molecule has 0 bridgehead atoms. The van der Waals surface area contributed by atoms with Crippen LogP contribution in [0.4, 0.5) is 0 Å². The van der Waals surface area contributed by atoms with Crippen LogP contribution in [0.2, 0.25) is 0 Å². The molecule has 0 radical (unpaired) electrons. The number of thioether (sulfide) groups is 2. The molecule has 1 saturated carbocycles. The third-order valence-electron chi connectivity index (χ3n) is 4.96. The summed E-state index contributed by atoms with van der Waals surface area (Å²) in [6.45, 7) is 2.16. The Hall–Kier alpha value is -0.930. The minimum atomic E-state index is -0.0932. The summed E-state index contributed by atoms with van der Waals surface area (Å²) in [4.78, 5) is 12.8. The molecule has 0 aliphatic heterocycles. The number of aryl methyl sites for hydroxylation is 1. The number of hydrogen-bond donors (Lipinski definition) is 0. The van der Waals surface area contributed by atoms with Gasteiger partial charge in [0.05, 0.1) is 0 Å². The van der Waals surface area contributed by atoms with Crippen molar-refractivity contribution in [1.82, 2.24) is 0 Å². The fourth-order valence-corrected chi connectivity index (χ4v) is 5.01. The lowest BCUT2D eigenvalue weighted by atomic mass is 9.79. The van der Waals surface area contributed by atoms with Crippen molar-refractivity contribution in [3.63, 3.8) is 0 Å². The van der Waals surface area contributed by atoms with Crippen LogP contribution in [0, 0.1) is 11.3 Å². The lowest BCUT2D eigenvalue weighted by molar-refractivity contribution is 0.0871. The molecule has 1 fully saturated rings. The number of rotatable bonds is 4. The van der Waals surface area contributed by atoms with Gasteiger partial charge in [0.25, 0.3) is 0 Å². The predicted octanol–water partition coefficient (Wildman–Crippen LogP) is 5.34. The first kappa shape index (κ1) is 15.9. The van der Waals surface area contributed by atoms with Crippen LogP contribution in [0.25, 0.3) is 0 Å². The molecule has 1 nitrogen and oxygen atoms in total. The average molecular weight is 331 g/mol. The van der Waals surface area contributed by atoms with Crippen molar-refractivity contribution in [2.24, 2.45) is 11.3 Å². The minimum Gasteiger partial charge on any atom is -0.294 e. The number of fused-ring (bicyclic) bond motifs is 1. The standard InChI is InChI=1S/C19H22OS2/c1-13(18(21-2)22-3)8-9-15-12-19(15)11-10-14-6-4-5-7-16(14)17(19)20/h4-9,15H,10-12H2,1-3H3/b9-8+. The molecule has 0 aromatic heterocycles. The van der Waals surface area contributed by atoms with Crippen LogP contribution in [-0.2, 0) is 6.42 Å². The van der Waals surface area contributed by atoms with Gasteiger partial charge in [-0.1, -0.05) is 36.4 Å². The Morgan fingerprint density at radius 3 is 2.73 bits per heavy atom. The topological polar surface area (TPSA) is 17.1 Å². The van der Waals surface area contributed by atoms with Crippen LogP contribution >= 0.6 is 23.5 Å². The van der Waals surface area contributed by atoms with E-state index in [4.69, 9.17) is 0 Å². The van der Waals surface area contributed by atoms with E-state index in [1.807, 2.05) is 18.2 Å². The molecule has 0 heterocycles. The number of allylic oxidation sites excluding steroid dienone is 3. The zero-order chi connectivity index (χ0) is 15.7. The Morgan fingerprint density at radius 2 is 2.00 bits per heavy atom. The van der Waals surface area contributed by atoms with Crippen molar-refractivity contribution in [1.29, 1.82) is 0 Å². The van der Waals surface area contributed by atoms with Crippen LogP contribution in [0.1, 0.15) is 35.7 Å². The highest BCUT2D eigenvalue weighted by molar-refractivity contribution is 8.21. The first-order valence-corrected chi connectivity index (χ1v) is 10.2. The summed E-state index contributed by atoms with van der Waals surface area (Å²) in [5.41, 5.74) is 3.41. The van der Waals surface area contributed by atoms with Crippen molar-refractivity contribution >= 4 is 29.3 Å². The van der Waals surface area contributed by atoms with E-state index in [-0.39, 0.29) is 5.41 Å². The summed E-state index contributed by atoms with van der Waals surface area (Å²) >= 11 is 3.59. The molecule has 22 heavy (non-hydrogen) atoms. The molecule has 2 aliphatic rings. The zero-order valence-corrected chi connectivity index (χ0v) is 15.0. The molecule has 2 atom stereocenters. The second-order valence-electron chi connectivity index (χ2n) is 6.19. The molecule has 2 unspecified atom stereocenters. The molecule has 3 rings (SSSR count). The van der Waals surface area contributed by atoms with Crippen LogP contribution in [0.15, 0.2) is 46.2 Å². The number of carbonyl (C=O) groups excluding carboxylic acids is 1. The number of benzene rings is 1. The fraction of sp³-hybridized carbons (Fsp3) is 0.421. The summed E-state index contributed by atoms with van der Waals surface area (Å²) < 4.78 is 1.35. The summed E-state index contributed by atoms with van der Waals surface area (Å²) in [7, 11) is 0. The number of ketones is 1. The Labute approximate surface area is 141 Å². The van der Waals surface area contributed by atoms with Gasteiger partial charge in [-0.25, -0.2) is 0 Å². The highest BCUT2D eigenvalue weighted by Gasteiger charge is 2.59. The summed E-state index contributed by atoms with van der Waals surface area (Å²) in [6, 6.07) is 8.12. The van der Waals surface area contributed by atoms with Crippen molar-refractivity contribution in [3.8, 4) is 0 Å². The van der Waals surface area contributed by atoms with Crippen LogP contribution in [0.5, 0.6) is 0 Å². The van der Waals surface area contributed by atoms with E-state index in [0.717, 1.165) is 24.8 Å². The molecule has 1 aromatic rings. The van der Waals surface area contributed by atoms with Crippen LogP contribution in [0.3, 0.4) is 0 Å². The molecular weight excluding hydrogens is 308 g/mol. The minimum absolute atomic E-state index is 0.0932. The van der Waals surface area contributed by atoms with Crippen molar-refractivity contribution < 1.29 is 4.79 Å². The second kappa shape index (κ2) is 6.29. The van der Waals surface area contributed by atoms with Gasteiger partial charge in [-0.2, -0.15) is 0 Å². The third-order valence-corrected chi connectivity index (χ3v) is 7.35. The molecule has 1 aromatic carbocycles. The molecule has 0 N–H and O–H groups in total. The largest absolute Gasteiger partial charge is 0.294 e. The molecular formula is C19H22OS2. The summed E-state index contributed by atoms with van der Waals surface area (Å²) in [5.74, 6) is 0.800. The van der Waals surface area contributed by atoms with Crippen molar-refractivity contribution in [2.45, 2.75) is 26.2 Å². The van der Waals surface area contributed by atoms with E-state index in [9.17, 15) is 4.79 Å². The SMILES string of the molecule is CSC(SC)=C(C)/C=C/C1CC12CCc1ccccc1C2=O. The smallest absolute Gasteiger partial charge is 0.169 e. The molecule has 0 saturated heterocycles. The zero-order valence-electron chi connectivity index (χ0n) is 13.4. The molecule has 2 aliphatic carbocycles. The monoisotopic (exact) mass is 330 g/mol. The van der Waals surface area contributed by atoms with Gasteiger partial charge in [-0.3, -0.25) is 4.79 Å². The first-order chi connectivity index (χ1) is 10.6. The van der Waals surface area contributed by atoms with Gasteiger partial charge in [0.15, 0.2) is 5.78 Å².